The predicted octanol–water partition coefficient (Wildman–Crippen LogP) is 3.45. The van der Waals surface area contributed by atoms with E-state index >= 15 is 0 Å². The summed E-state index contributed by atoms with van der Waals surface area (Å²) in [5, 5.41) is 6.17. The van der Waals surface area contributed by atoms with Gasteiger partial charge >= 0.3 is 6.36 Å². The standard InChI is InChI=1S/C22H21F3N6O3S.C5H12N2O/c1-11(19(33)30(2)3)26-18(32)12-5-8-16-15(9-12)27-20(31(16)4)29-21-28-14-7-6-13(10-17(14)35-21)34-22(23,24)25;1-4(6)5(8)7(2)3/h5-11H,1-4H3,(H,26,32)(H,27,28,29);4H,6H2,1-3H3/t11-;4-/m00/s1. The monoisotopic (exact) mass is 622 g/mol. The number of thiazole rings is 1. The first-order chi connectivity index (χ1) is 20.0. The summed E-state index contributed by atoms with van der Waals surface area (Å²) in [5.41, 5.74) is 7.37. The summed E-state index contributed by atoms with van der Waals surface area (Å²) in [4.78, 5) is 47.0. The average molecular weight is 623 g/mol. The number of aryl methyl sites for hydroxylation is 1. The number of nitrogens with one attached hydrogen (secondary N) is 2. The molecule has 2 aromatic carbocycles. The molecule has 12 nitrogen and oxygen atoms in total. The largest absolute Gasteiger partial charge is 0.573 e. The number of aromatic nitrogens is 3. The summed E-state index contributed by atoms with van der Waals surface area (Å²) in [6.07, 6.45) is -4.78. The van der Waals surface area contributed by atoms with Gasteiger partial charge in [-0.1, -0.05) is 11.3 Å². The van der Waals surface area contributed by atoms with E-state index in [1.54, 1.807) is 71.9 Å². The summed E-state index contributed by atoms with van der Waals surface area (Å²) in [6.45, 7) is 3.28. The number of hydrogen-bond acceptors (Lipinski definition) is 9. The van der Waals surface area contributed by atoms with Gasteiger partial charge in [-0.25, -0.2) is 9.97 Å². The number of fused-ring (bicyclic) bond motifs is 2. The molecule has 0 unspecified atom stereocenters. The average Bonchev–Trinajstić information content (AvgIpc) is 3.45. The molecule has 0 aliphatic rings. The molecule has 232 valence electrons. The van der Waals surface area contributed by atoms with Gasteiger partial charge in [-0.15, -0.1) is 13.2 Å². The lowest BCUT2D eigenvalue weighted by Gasteiger charge is -2.17. The third kappa shape index (κ3) is 8.54. The Morgan fingerprint density at radius 2 is 1.63 bits per heavy atom. The van der Waals surface area contributed by atoms with Gasteiger partial charge in [-0.05, 0) is 44.2 Å². The Labute approximate surface area is 249 Å². The van der Waals surface area contributed by atoms with Crippen molar-refractivity contribution in [3.05, 3.63) is 42.0 Å². The molecule has 2 atom stereocenters. The van der Waals surface area contributed by atoms with Crippen LogP contribution < -0.4 is 21.1 Å². The first-order valence-electron chi connectivity index (χ1n) is 12.9. The van der Waals surface area contributed by atoms with Gasteiger partial charge in [0.1, 0.15) is 11.8 Å². The van der Waals surface area contributed by atoms with E-state index in [0.717, 1.165) is 16.9 Å². The van der Waals surface area contributed by atoms with Gasteiger partial charge in [-0.2, -0.15) is 0 Å². The van der Waals surface area contributed by atoms with Crippen molar-refractivity contribution in [3.8, 4) is 5.75 Å². The van der Waals surface area contributed by atoms with Crippen LogP contribution in [-0.4, -0.2) is 88.7 Å². The Hall–Kier alpha value is -4.44. The van der Waals surface area contributed by atoms with Crippen LogP contribution in [0.15, 0.2) is 36.4 Å². The number of ether oxygens (including phenoxy) is 1. The van der Waals surface area contributed by atoms with Gasteiger partial charge < -0.3 is 35.5 Å². The topological polar surface area (TPSA) is 148 Å². The van der Waals surface area contributed by atoms with Crippen LogP contribution in [0.3, 0.4) is 0 Å². The van der Waals surface area contributed by atoms with E-state index in [1.807, 2.05) is 0 Å². The SMILES string of the molecule is C[C@H](N)C(=O)N(C)C.C[C@H](NC(=O)c1ccc2c(c1)nc(Nc1nc3ccc(OC(F)(F)F)cc3s1)n2C)C(=O)N(C)C. The molecule has 43 heavy (non-hydrogen) atoms. The highest BCUT2D eigenvalue weighted by molar-refractivity contribution is 7.22. The molecule has 0 radical (unpaired) electrons. The van der Waals surface area contributed by atoms with Crippen LogP contribution in [0.25, 0.3) is 21.3 Å². The fourth-order valence-electron chi connectivity index (χ4n) is 3.84. The van der Waals surface area contributed by atoms with Crippen molar-refractivity contribution in [2.45, 2.75) is 32.3 Å². The predicted molar refractivity (Wildman–Crippen MR) is 158 cm³/mol. The molecule has 0 spiro atoms. The molecule has 2 aromatic heterocycles. The van der Waals surface area contributed by atoms with Crippen molar-refractivity contribution in [3.63, 3.8) is 0 Å². The van der Waals surface area contributed by atoms with Crippen LogP contribution in [-0.2, 0) is 16.6 Å². The zero-order valence-electron chi connectivity index (χ0n) is 24.6. The minimum atomic E-state index is -4.78. The van der Waals surface area contributed by atoms with Crippen molar-refractivity contribution < 1.29 is 32.3 Å². The third-order valence-electron chi connectivity index (χ3n) is 5.94. The first kappa shape index (κ1) is 33.1. The van der Waals surface area contributed by atoms with Crippen LogP contribution in [0.5, 0.6) is 5.75 Å². The number of carbonyl (C=O) groups excluding carboxylic acids is 3. The lowest BCUT2D eigenvalue weighted by atomic mass is 10.1. The lowest BCUT2D eigenvalue weighted by molar-refractivity contribution is -0.274. The van der Waals surface area contributed by atoms with Gasteiger partial charge in [0.25, 0.3) is 5.91 Å². The molecule has 2 heterocycles. The highest BCUT2D eigenvalue weighted by Crippen LogP contribution is 2.33. The number of alkyl halides is 3. The van der Waals surface area contributed by atoms with E-state index in [0.29, 0.717) is 32.4 Å². The number of anilines is 2. The van der Waals surface area contributed by atoms with E-state index < -0.39 is 18.3 Å². The third-order valence-corrected chi connectivity index (χ3v) is 6.88. The van der Waals surface area contributed by atoms with Gasteiger partial charge in [0.15, 0.2) is 5.13 Å². The molecule has 4 N–H and O–H groups in total. The summed E-state index contributed by atoms with van der Waals surface area (Å²) < 4.78 is 43.7. The second-order valence-electron chi connectivity index (χ2n) is 9.97. The minimum Gasteiger partial charge on any atom is -0.406 e. The zero-order chi connectivity index (χ0) is 32.2. The van der Waals surface area contributed by atoms with E-state index in [9.17, 15) is 27.6 Å². The molecule has 16 heteroatoms. The molecular weight excluding hydrogens is 589 g/mol. The number of halogens is 3. The van der Waals surface area contributed by atoms with Crippen molar-refractivity contribution in [2.24, 2.45) is 12.8 Å². The van der Waals surface area contributed by atoms with Crippen molar-refractivity contribution in [2.75, 3.05) is 33.5 Å². The Morgan fingerprint density at radius 1 is 0.977 bits per heavy atom. The van der Waals surface area contributed by atoms with E-state index in [4.69, 9.17) is 5.73 Å². The number of likely N-dealkylation sites (N-methyl/N-ethyl adjacent to an activating group) is 2. The molecule has 4 rings (SSSR count). The van der Waals surface area contributed by atoms with Gasteiger partial charge in [0, 0.05) is 46.9 Å². The van der Waals surface area contributed by atoms with E-state index in [1.165, 1.54) is 28.0 Å². The van der Waals surface area contributed by atoms with Crippen molar-refractivity contribution in [1.82, 2.24) is 29.7 Å². The molecule has 0 saturated heterocycles. The number of rotatable bonds is 7. The number of imidazole rings is 1. The van der Waals surface area contributed by atoms with E-state index in [-0.39, 0.29) is 23.6 Å². The second-order valence-corrected chi connectivity index (χ2v) is 11.0. The molecular formula is C27H33F3N8O4S. The molecule has 0 saturated carbocycles. The smallest absolute Gasteiger partial charge is 0.406 e. The van der Waals surface area contributed by atoms with Crippen LogP contribution in [0.2, 0.25) is 0 Å². The summed E-state index contributed by atoms with van der Waals surface area (Å²) in [6, 6.07) is 7.85. The van der Waals surface area contributed by atoms with Crippen molar-refractivity contribution >= 4 is 61.4 Å². The second kappa shape index (κ2) is 13.2. The maximum atomic E-state index is 12.6. The lowest BCUT2D eigenvalue weighted by Crippen LogP contribution is -2.44. The summed E-state index contributed by atoms with van der Waals surface area (Å²) in [5.74, 6) is -0.561. The number of benzene rings is 2. The molecule has 0 bridgehead atoms. The van der Waals surface area contributed by atoms with Crippen LogP contribution in [0, 0.1) is 0 Å². The Balaban J connectivity index is 0.000000557. The summed E-state index contributed by atoms with van der Waals surface area (Å²) >= 11 is 1.15. The number of amides is 3. The Morgan fingerprint density at radius 3 is 2.19 bits per heavy atom. The normalized spacial score (nSPS) is 12.6. The maximum Gasteiger partial charge on any atom is 0.573 e. The molecule has 3 amide bonds. The van der Waals surface area contributed by atoms with E-state index in [2.05, 4.69) is 25.3 Å². The van der Waals surface area contributed by atoms with Crippen LogP contribution in [0.4, 0.5) is 24.3 Å². The minimum absolute atomic E-state index is 0.0370. The van der Waals surface area contributed by atoms with Crippen LogP contribution in [0.1, 0.15) is 24.2 Å². The first-order valence-corrected chi connectivity index (χ1v) is 13.7. The molecule has 0 aliphatic carbocycles. The Kier molecular flexibility index (Phi) is 10.2. The number of nitrogens with zero attached hydrogens (tertiary/aromatic N) is 5. The van der Waals surface area contributed by atoms with Crippen molar-refractivity contribution in [1.29, 1.82) is 0 Å². The maximum absolute atomic E-state index is 12.6. The fraction of sp³-hybridized carbons (Fsp3) is 0.370. The summed E-state index contributed by atoms with van der Waals surface area (Å²) in [7, 11) is 8.37. The van der Waals surface area contributed by atoms with Gasteiger partial charge in [0.2, 0.25) is 17.8 Å². The van der Waals surface area contributed by atoms with Gasteiger partial charge in [0.05, 0.1) is 27.3 Å². The van der Waals surface area contributed by atoms with Crippen LogP contribution >= 0.6 is 11.3 Å². The number of carbonyl (C=O) groups is 3. The number of hydrogen-bond donors (Lipinski definition) is 3. The fourth-order valence-corrected chi connectivity index (χ4v) is 4.73. The van der Waals surface area contributed by atoms with Gasteiger partial charge in [-0.3, -0.25) is 14.4 Å². The quantitative estimate of drug-likeness (QED) is 0.284. The highest BCUT2D eigenvalue weighted by atomic mass is 32.1. The molecule has 4 aromatic rings. The molecule has 0 aliphatic heterocycles. The number of nitrogens with two attached hydrogens (primary N) is 1. The highest BCUT2D eigenvalue weighted by Gasteiger charge is 2.31. The Bertz CT molecular complexity index is 1620. The zero-order valence-corrected chi connectivity index (χ0v) is 25.4. The molecule has 0 fully saturated rings.